The van der Waals surface area contributed by atoms with E-state index in [2.05, 4.69) is 48.5 Å². The SMILES string of the molecule is CCNCc1cc2c(n(C(C)CC)c1=O)CCN(CC)C2. The topological polar surface area (TPSA) is 37.3 Å². The summed E-state index contributed by atoms with van der Waals surface area (Å²) < 4.78 is 2.06. The molecule has 0 aromatic carbocycles. The minimum absolute atomic E-state index is 0.203. The summed E-state index contributed by atoms with van der Waals surface area (Å²) in [6.07, 6.45) is 1.98. The van der Waals surface area contributed by atoms with Crippen LogP contribution in [-0.2, 0) is 19.5 Å². The number of hydrogen-bond acceptors (Lipinski definition) is 3. The molecule has 0 spiro atoms. The van der Waals surface area contributed by atoms with Gasteiger partial charge in [0, 0.05) is 43.4 Å². The molecular formula is C17H29N3O. The van der Waals surface area contributed by atoms with Crippen molar-refractivity contribution in [2.24, 2.45) is 0 Å². The number of fused-ring (bicyclic) bond motifs is 1. The highest BCUT2D eigenvalue weighted by atomic mass is 16.1. The highest BCUT2D eigenvalue weighted by Gasteiger charge is 2.22. The largest absolute Gasteiger partial charge is 0.313 e. The van der Waals surface area contributed by atoms with Crippen LogP contribution < -0.4 is 10.9 Å². The molecule has 4 heteroatoms. The Morgan fingerprint density at radius 1 is 1.33 bits per heavy atom. The first-order valence-corrected chi connectivity index (χ1v) is 8.31. The van der Waals surface area contributed by atoms with Gasteiger partial charge in [-0.05, 0) is 38.1 Å². The lowest BCUT2D eigenvalue weighted by atomic mass is 10.0. The molecule has 0 saturated carbocycles. The van der Waals surface area contributed by atoms with Crippen molar-refractivity contribution >= 4 is 0 Å². The zero-order chi connectivity index (χ0) is 15.4. The third kappa shape index (κ3) is 3.38. The Labute approximate surface area is 128 Å². The van der Waals surface area contributed by atoms with Crippen molar-refractivity contribution in [3.63, 3.8) is 0 Å². The van der Waals surface area contributed by atoms with Gasteiger partial charge in [0.1, 0.15) is 0 Å². The standard InChI is InChI=1S/C17H29N3O/c1-5-13(4)20-16-8-9-19(7-3)12-15(16)10-14(17(20)21)11-18-6-2/h10,13,18H,5-9,11-12H2,1-4H3. The summed E-state index contributed by atoms with van der Waals surface area (Å²) in [5.74, 6) is 0. The van der Waals surface area contributed by atoms with Crippen LogP contribution in [0.2, 0.25) is 0 Å². The average molecular weight is 291 g/mol. The molecule has 1 aromatic heterocycles. The number of rotatable bonds is 6. The van der Waals surface area contributed by atoms with Crippen LogP contribution in [0.4, 0.5) is 0 Å². The van der Waals surface area contributed by atoms with Gasteiger partial charge in [0.2, 0.25) is 0 Å². The molecule has 1 unspecified atom stereocenters. The Balaban J connectivity index is 2.49. The van der Waals surface area contributed by atoms with Crippen molar-refractivity contribution in [1.82, 2.24) is 14.8 Å². The molecule has 0 saturated heterocycles. The van der Waals surface area contributed by atoms with E-state index in [1.54, 1.807) is 0 Å². The zero-order valence-corrected chi connectivity index (χ0v) is 13.9. The maximum Gasteiger partial charge on any atom is 0.255 e. The van der Waals surface area contributed by atoms with E-state index in [9.17, 15) is 4.79 Å². The minimum Gasteiger partial charge on any atom is -0.313 e. The first-order chi connectivity index (χ1) is 10.1. The summed E-state index contributed by atoms with van der Waals surface area (Å²) in [6.45, 7) is 13.3. The molecule has 1 aromatic rings. The second kappa shape index (κ2) is 7.23. The highest BCUT2D eigenvalue weighted by Crippen LogP contribution is 2.22. The van der Waals surface area contributed by atoms with Crippen LogP contribution in [0.25, 0.3) is 0 Å². The molecule has 0 bridgehead atoms. The van der Waals surface area contributed by atoms with Crippen LogP contribution in [-0.4, -0.2) is 29.1 Å². The van der Waals surface area contributed by atoms with Gasteiger partial charge < -0.3 is 9.88 Å². The Hall–Kier alpha value is -1.13. The Morgan fingerprint density at radius 2 is 2.10 bits per heavy atom. The van der Waals surface area contributed by atoms with E-state index in [4.69, 9.17) is 0 Å². The van der Waals surface area contributed by atoms with Gasteiger partial charge in [0.15, 0.2) is 0 Å². The van der Waals surface area contributed by atoms with Crippen LogP contribution in [0.1, 0.15) is 57.0 Å². The number of likely N-dealkylation sites (N-methyl/N-ethyl adjacent to an activating group) is 1. The van der Waals surface area contributed by atoms with E-state index >= 15 is 0 Å². The van der Waals surface area contributed by atoms with E-state index in [1.807, 2.05) is 0 Å². The van der Waals surface area contributed by atoms with Crippen molar-refractivity contribution < 1.29 is 0 Å². The second-order valence-corrected chi connectivity index (χ2v) is 5.97. The van der Waals surface area contributed by atoms with Crippen molar-refractivity contribution in [1.29, 1.82) is 0 Å². The van der Waals surface area contributed by atoms with E-state index in [-0.39, 0.29) is 11.6 Å². The summed E-state index contributed by atoms with van der Waals surface area (Å²) in [4.78, 5) is 15.3. The molecule has 1 N–H and O–H groups in total. The van der Waals surface area contributed by atoms with Gasteiger partial charge in [-0.2, -0.15) is 0 Å². The molecule has 118 valence electrons. The summed E-state index contributed by atoms with van der Waals surface area (Å²) >= 11 is 0. The lowest BCUT2D eigenvalue weighted by molar-refractivity contribution is 0.259. The predicted molar refractivity (Wildman–Crippen MR) is 87.7 cm³/mol. The molecule has 2 heterocycles. The van der Waals surface area contributed by atoms with Gasteiger partial charge in [-0.1, -0.05) is 20.8 Å². The quantitative estimate of drug-likeness (QED) is 0.874. The molecule has 21 heavy (non-hydrogen) atoms. The fourth-order valence-electron chi connectivity index (χ4n) is 3.09. The smallest absolute Gasteiger partial charge is 0.255 e. The second-order valence-electron chi connectivity index (χ2n) is 5.97. The normalized spacial score (nSPS) is 16.8. The first-order valence-electron chi connectivity index (χ1n) is 8.31. The number of nitrogens with zero attached hydrogens (tertiary/aromatic N) is 2. The summed E-state index contributed by atoms with van der Waals surface area (Å²) in [5.41, 5.74) is 3.72. The molecule has 0 radical (unpaired) electrons. The highest BCUT2D eigenvalue weighted by molar-refractivity contribution is 5.29. The van der Waals surface area contributed by atoms with Gasteiger partial charge in [-0.25, -0.2) is 0 Å². The van der Waals surface area contributed by atoms with Gasteiger partial charge in [0.05, 0.1) is 0 Å². The molecule has 0 amide bonds. The Morgan fingerprint density at radius 3 is 2.71 bits per heavy atom. The predicted octanol–water partition coefficient (Wildman–Crippen LogP) is 2.31. The third-order valence-electron chi connectivity index (χ3n) is 4.61. The van der Waals surface area contributed by atoms with E-state index in [1.165, 1.54) is 11.3 Å². The van der Waals surface area contributed by atoms with Crippen molar-refractivity contribution in [3.8, 4) is 0 Å². The summed E-state index contributed by atoms with van der Waals surface area (Å²) in [5, 5.41) is 3.29. The molecule has 4 nitrogen and oxygen atoms in total. The monoisotopic (exact) mass is 291 g/mol. The van der Waals surface area contributed by atoms with Crippen molar-refractivity contribution in [2.75, 3.05) is 19.6 Å². The number of nitrogens with one attached hydrogen (secondary N) is 1. The first kappa shape index (κ1) is 16.2. The fourth-order valence-corrected chi connectivity index (χ4v) is 3.09. The van der Waals surface area contributed by atoms with Gasteiger partial charge in [-0.15, -0.1) is 0 Å². The molecule has 2 rings (SSSR count). The van der Waals surface area contributed by atoms with Crippen LogP contribution in [0.3, 0.4) is 0 Å². The van der Waals surface area contributed by atoms with Crippen molar-refractivity contribution in [2.45, 2.75) is 59.7 Å². The lowest BCUT2D eigenvalue weighted by Gasteiger charge is -2.31. The molecule has 0 aliphatic carbocycles. The summed E-state index contributed by atoms with van der Waals surface area (Å²) in [7, 11) is 0. The van der Waals surface area contributed by atoms with Gasteiger partial charge in [-0.3, -0.25) is 9.69 Å². The van der Waals surface area contributed by atoms with Gasteiger partial charge in [0.25, 0.3) is 5.56 Å². The van der Waals surface area contributed by atoms with E-state index in [0.29, 0.717) is 6.54 Å². The van der Waals surface area contributed by atoms with E-state index < -0.39 is 0 Å². The maximum atomic E-state index is 12.8. The van der Waals surface area contributed by atoms with Crippen LogP contribution in [0, 0.1) is 0 Å². The fraction of sp³-hybridized carbons (Fsp3) is 0.706. The zero-order valence-electron chi connectivity index (χ0n) is 13.9. The van der Waals surface area contributed by atoms with Crippen LogP contribution in [0.5, 0.6) is 0 Å². The van der Waals surface area contributed by atoms with Gasteiger partial charge >= 0.3 is 0 Å². The molecule has 1 aliphatic rings. The number of aromatic nitrogens is 1. The van der Waals surface area contributed by atoms with E-state index in [0.717, 1.165) is 44.6 Å². The third-order valence-corrected chi connectivity index (χ3v) is 4.61. The molecule has 1 aliphatic heterocycles. The van der Waals surface area contributed by atoms with Crippen molar-refractivity contribution in [3.05, 3.63) is 33.2 Å². The molecular weight excluding hydrogens is 262 g/mol. The molecule has 1 atom stereocenters. The Bertz CT molecular complexity index is 536. The Kier molecular flexibility index (Phi) is 5.59. The van der Waals surface area contributed by atoms with Crippen LogP contribution >= 0.6 is 0 Å². The minimum atomic E-state index is 0.203. The summed E-state index contributed by atoms with van der Waals surface area (Å²) in [6, 6.07) is 2.42. The number of hydrogen-bond donors (Lipinski definition) is 1. The van der Waals surface area contributed by atoms with Crippen LogP contribution in [0.15, 0.2) is 10.9 Å². The maximum absolute atomic E-state index is 12.8. The lowest BCUT2D eigenvalue weighted by Crippen LogP contribution is -2.38. The molecule has 0 fully saturated rings. The average Bonchev–Trinajstić information content (AvgIpc) is 2.51. The number of pyridine rings is 1.